The highest BCUT2D eigenvalue weighted by atomic mass is 16.5. The molecule has 0 unspecified atom stereocenters. The number of para-hydroxylation sites is 1. The highest BCUT2D eigenvalue weighted by Crippen LogP contribution is 2.63. The Balaban J connectivity index is 1.87. The summed E-state index contributed by atoms with van der Waals surface area (Å²) < 4.78 is 5.63. The highest BCUT2D eigenvalue weighted by Gasteiger charge is 2.56. The summed E-state index contributed by atoms with van der Waals surface area (Å²) in [5.74, 6) is 1.07. The van der Waals surface area contributed by atoms with Gasteiger partial charge in [-0.1, -0.05) is 38.0 Å². The second-order valence-corrected chi connectivity index (χ2v) is 6.82. The van der Waals surface area contributed by atoms with Gasteiger partial charge in [-0.25, -0.2) is 0 Å². The first-order valence-electron chi connectivity index (χ1n) is 8.08. The maximum absolute atomic E-state index is 5.63. The predicted octanol–water partition coefficient (Wildman–Crippen LogP) is 3.90. The van der Waals surface area contributed by atoms with Crippen molar-refractivity contribution in [3.63, 3.8) is 0 Å². The molecule has 20 heavy (non-hydrogen) atoms. The lowest BCUT2D eigenvalue weighted by atomic mass is 9.49. The van der Waals surface area contributed by atoms with Crippen LogP contribution in [0.2, 0.25) is 0 Å². The van der Waals surface area contributed by atoms with Crippen molar-refractivity contribution in [2.75, 3.05) is 20.2 Å². The number of likely N-dealkylation sites (N-methyl/N-ethyl adjacent to an activating group) is 1. The van der Waals surface area contributed by atoms with Gasteiger partial charge in [-0.3, -0.25) is 0 Å². The molecule has 110 valence electrons. The van der Waals surface area contributed by atoms with Crippen molar-refractivity contribution in [3.8, 4) is 5.75 Å². The Hall–Kier alpha value is -1.02. The zero-order valence-corrected chi connectivity index (χ0v) is 12.9. The molecule has 1 aromatic carbocycles. The molecule has 3 rings (SSSR count). The molecular weight excluding hydrogens is 246 g/mol. The van der Waals surface area contributed by atoms with Crippen LogP contribution in [0.5, 0.6) is 5.75 Å². The number of hydrogen-bond acceptors (Lipinski definition) is 2. The van der Waals surface area contributed by atoms with Crippen LogP contribution in [0.1, 0.15) is 51.0 Å². The Morgan fingerprint density at radius 2 is 1.85 bits per heavy atom. The van der Waals surface area contributed by atoms with Gasteiger partial charge in [-0.2, -0.15) is 0 Å². The third-order valence-electron chi connectivity index (χ3n) is 5.48. The lowest BCUT2D eigenvalue weighted by Crippen LogP contribution is -2.53. The van der Waals surface area contributed by atoms with E-state index in [1.54, 1.807) is 7.11 Å². The van der Waals surface area contributed by atoms with Gasteiger partial charge in [0.2, 0.25) is 0 Å². The number of methoxy groups -OCH3 is 1. The van der Waals surface area contributed by atoms with E-state index in [1.165, 1.54) is 44.1 Å². The van der Waals surface area contributed by atoms with Crippen LogP contribution in [-0.4, -0.2) is 20.2 Å². The number of rotatable bonds is 5. The van der Waals surface area contributed by atoms with Gasteiger partial charge < -0.3 is 10.1 Å². The maximum atomic E-state index is 5.63. The van der Waals surface area contributed by atoms with Gasteiger partial charge in [0, 0.05) is 17.5 Å². The van der Waals surface area contributed by atoms with Crippen molar-refractivity contribution in [1.82, 2.24) is 5.32 Å². The second-order valence-electron chi connectivity index (χ2n) is 6.82. The van der Waals surface area contributed by atoms with E-state index < -0.39 is 0 Å². The highest BCUT2D eigenvalue weighted by molar-refractivity contribution is 5.43. The molecule has 0 radical (unpaired) electrons. The van der Waals surface area contributed by atoms with E-state index in [4.69, 9.17) is 4.74 Å². The predicted molar refractivity (Wildman–Crippen MR) is 83.4 cm³/mol. The summed E-state index contributed by atoms with van der Waals surface area (Å²) in [6, 6.07) is 8.62. The Morgan fingerprint density at radius 3 is 2.50 bits per heavy atom. The Morgan fingerprint density at radius 1 is 1.15 bits per heavy atom. The molecule has 2 aliphatic rings. The second kappa shape index (κ2) is 5.40. The molecule has 2 saturated carbocycles. The molecule has 2 aliphatic carbocycles. The molecule has 0 bridgehead atoms. The molecule has 2 nitrogen and oxygen atoms in total. The van der Waals surface area contributed by atoms with Crippen LogP contribution in [0.25, 0.3) is 0 Å². The summed E-state index contributed by atoms with van der Waals surface area (Å²) >= 11 is 0. The standard InChI is InChI=1S/C18H27NO/c1-3-19-14-18(12-17(13-18)10-6-7-11-17)15-8-4-5-9-16(15)20-2/h4-5,8-9,19H,3,6-7,10-14H2,1-2H3. The SMILES string of the molecule is CCNCC1(c2ccccc2OC)CC2(CCCC2)C1. The average Bonchev–Trinajstić information content (AvgIpc) is 2.93. The largest absolute Gasteiger partial charge is 0.496 e. The van der Waals surface area contributed by atoms with Crippen molar-refractivity contribution in [3.05, 3.63) is 29.8 Å². The maximum Gasteiger partial charge on any atom is 0.122 e. The summed E-state index contributed by atoms with van der Waals surface area (Å²) in [5.41, 5.74) is 2.37. The third-order valence-corrected chi connectivity index (χ3v) is 5.48. The minimum absolute atomic E-state index is 0.299. The van der Waals surface area contributed by atoms with Crippen LogP contribution in [0, 0.1) is 5.41 Å². The molecule has 2 heteroatoms. The van der Waals surface area contributed by atoms with Crippen molar-refractivity contribution in [1.29, 1.82) is 0 Å². The van der Waals surface area contributed by atoms with Crippen LogP contribution in [-0.2, 0) is 5.41 Å². The van der Waals surface area contributed by atoms with E-state index >= 15 is 0 Å². The first-order chi connectivity index (χ1) is 9.74. The van der Waals surface area contributed by atoms with E-state index in [1.807, 2.05) is 0 Å². The molecule has 1 aromatic rings. The summed E-state index contributed by atoms with van der Waals surface area (Å²) in [7, 11) is 1.80. The molecule has 1 N–H and O–H groups in total. The summed E-state index contributed by atoms with van der Waals surface area (Å²) in [6.45, 7) is 4.33. The first kappa shape index (κ1) is 13.9. The van der Waals surface area contributed by atoms with E-state index in [-0.39, 0.29) is 0 Å². The molecular formula is C18H27NO. The van der Waals surface area contributed by atoms with Gasteiger partial charge in [0.1, 0.15) is 5.75 Å². The zero-order valence-electron chi connectivity index (χ0n) is 12.9. The summed E-state index contributed by atoms with van der Waals surface area (Å²) in [6.07, 6.45) is 8.43. The van der Waals surface area contributed by atoms with Crippen LogP contribution in [0.3, 0.4) is 0 Å². The molecule has 2 fully saturated rings. The Labute approximate surface area is 122 Å². The number of benzene rings is 1. The van der Waals surface area contributed by atoms with E-state index in [9.17, 15) is 0 Å². The monoisotopic (exact) mass is 273 g/mol. The normalized spacial score (nSPS) is 22.7. The molecule has 0 aromatic heterocycles. The topological polar surface area (TPSA) is 21.3 Å². The fourth-order valence-electron chi connectivity index (χ4n) is 4.72. The average molecular weight is 273 g/mol. The minimum atomic E-state index is 0.299. The number of hydrogen-bond donors (Lipinski definition) is 1. The molecule has 0 amide bonds. The smallest absolute Gasteiger partial charge is 0.122 e. The molecule has 0 heterocycles. The fraction of sp³-hybridized carbons (Fsp3) is 0.667. The van der Waals surface area contributed by atoms with Gasteiger partial charge in [-0.05, 0) is 43.7 Å². The molecule has 0 atom stereocenters. The van der Waals surface area contributed by atoms with E-state index in [2.05, 4.69) is 36.5 Å². The molecule has 1 spiro atoms. The van der Waals surface area contributed by atoms with Crippen LogP contribution < -0.4 is 10.1 Å². The van der Waals surface area contributed by atoms with Crippen LogP contribution >= 0.6 is 0 Å². The summed E-state index contributed by atoms with van der Waals surface area (Å²) in [4.78, 5) is 0. The molecule has 0 saturated heterocycles. The van der Waals surface area contributed by atoms with Gasteiger partial charge in [-0.15, -0.1) is 0 Å². The van der Waals surface area contributed by atoms with Crippen molar-refractivity contribution in [2.45, 2.75) is 50.9 Å². The van der Waals surface area contributed by atoms with Gasteiger partial charge >= 0.3 is 0 Å². The number of nitrogens with one attached hydrogen (secondary N) is 1. The quantitative estimate of drug-likeness (QED) is 0.878. The number of ether oxygens (including phenoxy) is 1. The van der Waals surface area contributed by atoms with Crippen molar-refractivity contribution >= 4 is 0 Å². The minimum Gasteiger partial charge on any atom is -0.496 e. The Bertz CT molecular complexity index is 454. The van der Waals surface area contributed by atoms with Crippen LogP contribution in [0.4, 0.5) is 0 Å². The lowest BCUT2D eigenvalue weighted by Gasteiger charge is -2.56. The van der Waals surface area contributed by atoms with Gasteiger partial charge in [0.25, 0.3) is 0 Å². The zero-order chi connectivity index (χ0) is 14.1. The van der Waals surface area contributed by atoms with Crippen LogP contribution in [0.15, 0.2) is 24.3 Å². The molecule has 0 aliphatic heterocycles. The van der Waals surface area contributed by atoms with Crippen molar-refractivity contribution < 1.29 is 4.74 Å². The fourth-order valence-corrected chi connectivity index (χ4v) is 4.72. The van der Waals surface area contributed by atoms with Crippen molar-refractivity contribution in [2.24, 2.45) is 5.41 Å². The third kappa shape index (κ3) is 2.24. The summed E-state index contributed by atoms with van der Waals surface area (Å²) in [5, 5.41) is 3.59. The van der Waals surface area contributed by atoms with Gasteiger partial charge in [0.05, 0.1) is 7.11 Å². The van der Waals surface area contributed by atoms with E-state index in [0.717, 1.165) is 18.8 Å². The van der Waals surface area contributed by atoms with E-state index in [0.29, 0.717) is 10.8 Å². The van der Waals surface area contributed by atoms with Gasteiger partial charge in [0.15, 0.2) is 0 Å². The Kier molecular flexibility index (Phi) is 3.76. The lowest BCUT2D eigenvalue weighted by molar-refractivity contribution is 0.0258. The first-order valence-corrected chi connectivity index (χ1v) is 8.08.